The normalized spacial score (nSPS) is 26.7. The minimum atomic E-state index is -0.619. The highest BCUT2D eigenvalue weighted by Crippen LogP contribution is 2.66. The van der Waals surface area contributed by atoms with Crippen LogP contribution in [0.15, 0.2) is 89.9 Å². The SMILES string of the molecule is CC1(C)[C@H]2CC[C@@]1(C)[C@H](N=Cc1ccccc1P(c1ccccc1)c1ccccc1)C2. The molecule has 5 rings (SSSR count). The summed E-state index contributed by atoms with van der Waals surface area (Å²) in [6.07, 6.45) is 6.13. The fourth-order valence-corrected chi connectivity index (χ4v) is 8.36. The van der Waals surface area contributed by atoms with Gasteiger partial charge in [0.2, 0.25) is 0 Å². The quantitative estimate of drug-likeness (QED) is 0.347. The summed E-state index contributed by atoms with van der Waals surface area (Å²) in [6.45, 7) is 7.42. The van der Waals surface area contributed by atoms with Crippen LogP contribution in [0.1, 0.15) is 45.6 Å². The van der Waals surface area contributed by atoms with Gasteiger partial charge in [-0.15, -0.1) is 0 Å². The van der Waals surface area contributed by atoms with Crippen LogP contribution in [0.25, 0.3) is 0 Å². The van der Waals surface area contributed by atoms with E-state index in [0.29, 0.717) is 16.9 Å². The maximum Gasteiger partial charge on any atom is 0.0561 e. The second kappa shape index (κ2) is 8.03. The first-order chi connectivity index (χ1) is 15.0. The van der Waals surface area contributed by atoms with Gasteiger partial charge in [-0.3, -0.25) is 4.99 Å². The third-order valence-electron chi connectivity index (χ3n) is 8.35. The van der Waals surface area contributed by atoms with Gasteiger partial charge in [0.1, 0.15) is 0 Å². The first-order valence-corrected chi connectivity index (χ1v) is 12.9. The molecule has 2 aliphatic rings. The number of hydrogen-bond donors (Lipinski definition) is 0. The summed E-state index contributed by atoms with van der Waals surface area (Å²) in [5.74, 6) is 0.820. The van der Waals surface area contributed by atoms with E-state index < -0.39 is 7.92 Å². The van der Waals surface area contributed by atoms with Gasteiger partial charge in [-0.2, -0.15) is 0 Å². The molecule has 0 spiro atoms. The third kappa shape index (κ3) is 3.48. The number of benzene rings is 3. The molecule has 2 bridgehead atoms. The van der Waals surface area contributed by atoms with Crippen molar-refractivity contribution in [2.75, 3.05) is 0 Å². The van der Waals surface area contributed by atoms with Crippen molar-refractivity contribution in [1.82, 2.24) is 0 Å². The molecule has 0 aliphatic heterocycles. The predicted octanol–water partition coefficient (Wildman–Crippen LogP) is 6.08. The van der Waals surface area contributed by atoms with Crippen LogP contribution < -0.4 is 15.9 Å². The summed E-state index contributed by atoms with van der Waals surface area (Å²) in [4.78, 5) is 5.26. The molecule has 0 radical (unpaired) electrons. The Morgan fingerprint density at radius 1 is 0.806 bits per heavy atom. The number of aliphatic imine (C=N–C) groups is 1. The van der Waals surface area contributed by atoms with E-state index in [9.17, 15) is 0 Å². The Hall–Kier alpha value is -2.24. The van der Waals surface area contributed by atoms with Crippen LogP contribution in [0, 0.1) is 16.7 Å². The van der Waals surface area contributed by atoms with Crippen molar-refractivity contribution in [3.05, 3.63) is 90.5 Å². The Labute approximate surface area is 188 Å². The molecule has 0 unspecified atom stereocenters. The molecule has 0 amide bonds. The van der Waals surface area contributed by atoms with Gasteiger partial charge in [0.15, 0.2) is 0 Å². The van der Waals surface area contributed by atoms with E-state index in [1.165, 1.54) is 40.7 Å². The zero-order valence-corrected chi connectivity index (χ0v) is 19.7. The van der Waals surface area contributed by atoms with Crippen LogP contribution in [0.2, 0.25) is 0 Å². The molecule has 158 valence electrons. The lowest BCUT2D eigenvalue weighted by molar-refractivity contribution is 0.137. The topological polar surface area (TPSA) is 12.4 Å². The number of hydrogen-bond acceptors (Lipinski definition) is 1. The van der Waals surface area contributed by atoms with E-state index in [1.807, 2.05) is 0 Å². The average molecular weight is 426 g/mol. The van der Waals surface area contributed by atoms with Gasteiger partial charge >= 0.3 is 0 Å². The molecule has 0 saturated heterocycles. The maximum absolute atomic E-state index is 5.26. The van der Waals surface area contributed by atoms with Gasteiger partial charge in [-0.1, -0.05) is 106 Å². The monoisotopic (exact) mass is 425 g/mol. The Bertz CT molecular complexity index is 1030. The molecular weight excluding hydrogens is 393 g/mol. The highest BCUT2D eigenvalue weighted by Gasteiger charge is 2.61. The van der Waals surface area contributed by atoms with Gasteiger partial charge in [0.25, 0.3) is 0 Å². The molecule has 2 aliphatic carbocycles. The number of fused-ring (bicyclic) bond motifs is 2. The Balaban J connectivity index is 1.54. The Morgan fingerprint density at radius 2 is 1.39 bits per heavy atom. The van der Waals surface area contributed by atoms with Gasteiger partial charge in [-0.25, -0.2) is 0 Å². The third-order valence-corrected chi connectivity index (χ3v) is 10.9. The Kier molecular flexibility index (Phi) is 5.35. The molecule has 2 heteroatoms. The summed E-state index contributed by atoms with van der Waals surface area (Å²) in [6, 6.07) is 31.2. The van der Waals surface area contributed by atoms with Gasteiger partial charge in [-0.05, 0) is 59.8 Å². The molecule has 1 nitrogen and oxygen atoms in total. The minimum absolute atomic E-state index is 0.326. The van der Waals surface area contributed by atoms with Crippen LogP contribution in [0.3, 0.4) is 0 Å². The highest BCUT2D eigenvalue weighted by molar-refractivity contribution is 7.80. The highest BCUT2D eigenvalue weighted by atomic mass is 31.1. The molecule has 3 aromatic rings. The summed E-state index contributed by atoms with van der Waals surface area (Å²) < 4.78 is 0. The van der Waals surface area contributed by atoms with Gasteiger partial charge < -0.3 is 0 Å². The lowest BCUT2D eigenvalue weighted by Gasteiger charge is -2.37. The summed E-state index contributed by atoms with van der Waals surface area (Å²) in [5.41, 5.74) is 1.99. The van der Waals surface area contributed by atoms with Gasteiger partial charge in [0.05, 0.1) is 6.04 Å². The lowest BCUT2D eigenvalue weighted by Crippen LogP contribution is -2.34. The van der Waals surface area contributed by atoms with Crippen LogP contribution >= 0.6 is 7.92 Å². The van der Waals surface area contributed by atoms with Crippen molar-refractivity contribution in [3.63, 3.8) is 0 Å². The van der Waals surface area contributed by atoms with Crippen molar-refractivity contribution in [2.24, 2.45) is 21.7 Å². The predicted molar refractivity (Wildman–Crippen MR) is 136 cm³/mol. The maximum atomic E-state index is 5.26. The molecule has 0 N–H and O–H groups in total. The van der Waals surface area contributed by atoms with Gasteiger partial charge in [0, 0.05) is 11.8 Å². The van der Waals surface area contributed by atoms with E-state index in [2.05, 4.69) is 112 Å². The molecule has 3 aromatic carbocycles. The largest absolute Gasteiger partial charge is 0.289 e. The molecule has 3 atom stereocenters. The van der Waals surface area contributed by atoms with Crippen LogP contribution in [0.4, 0.5) is 0 Å². The summed E-state index contributed by atoms with van der Waals surface area (Å²) in [5, 5.41) is 4.17. The van der Waals surface area contributed by atoms with Crippen molar-refractivity contribution >= 4 is 30.0 Å². The first-order valence-electron chi connectivity index (χ1n) is 11.5. The zero-order valence-electron chi connectivity index (χ0n) is 18.8. The van der Waals surface area contributed by atoms with E-state index >= 15 is 0 Å². The van der Waals surface area contributed by atoms with Crippen molar-refractivity contribution in [1.29, 1.82) is 0 Å². The van der Waals surface area contributed by atoms with Crippen LogP contribution in [-0.4, -0.2) is 12.3 Å². The Morgan fingerprint density at radius 3 is 1.94 bits per heavy atom. The van der Waals surface area contributed by atoms with E-state index in [1.54, 1.807) is 0 Å². The standard InChI is InChI=1S/C29H32NP/c1-28(2)23-18-19-29(28,3)27(20-23)30-21-22-12-10-11-17-26(22)31(24-13-6-4-7-14-24)25-15-8-5-9-16-25/h4-17,21,23,27H,18-20H2,1-3H3/t23-,27+,29-/m0/s1. The summed E-state index contributed by atoms with van der Waals surface area (Å²) >= 11 is 0. The zero-order chi connectivity index (χ0) is 21.5. The molecule has 0 aromatic heterocycles. The number of nitrogens with zero attached hydrogens (tertiary/aromatic N) is 1. The smallest absolute Gasteiger partial charge is 0.0561 e. The van der Waals surface area contributed by atoms with Crippen LogP contribution in [0.5, 0.6) is 0 Å². The van der Waals surface area contributed by atoms with E-state index in [0.717, 1.165) is 5.92 Å². The molecular formula is C29H32NP. The van der Waals surface area contributed by atoms with E-state index in [-0.39, 0.29) is 0 Å². The average Bonchev–Trinajstić information content (AvgIpc) is 3.14. The fourth-order valence-electron chi connectivity index (χ4n) is 5.94. The summed E-state index contributed by atoms with van der Waals surface area (Å²) in [7, 11) is -0.619. The number of rotatable bonds is 5. The second-order valence-corrected chi connectivity index (χ2v) is 12.2. The van der Waals surface area contributed by atoms with Crippen molar-refractivity contribution in [2.45, 2.75) is 46.1 Å². The minimum Gasteiger partial charge on any atom is -0.289 e. The van der Waals surface area contributed by atoms with Crippen molar-refractivity contribution < 1.29 is 0 Å². The second-order valence-electron chi connectivity index (χ2n) is 9.97. The van der Waals surface area contributed by atoms with Crippen LogP contribution in [-0.2, 0) is 0 Å². The fraction of sp³-hybridized carbons (Fsp3) is 0.345. The molecule has 0 heterocycles. The molecule has 2 saturated carbocycles. The lowest BCUT2D eigenvalue weighted by atomic mass is 9.69. The molecule has 2 fully saturated rings. The van der Waals surface area contributed by atoms with Crippen molar-refractivity contribution in [3.8, 4) is 0 Å². The van der Waals surface area contributed by atoms with E-state index in [4.69, 9.17) is 4.99 Å². The first kappa shape index (κ1) is 20.7. The molecule has 31 heavy (non-hydrogen) atoms.